The van der Waals surface area contributed by atoms with Crippen LogP contribution in [-0.2, 0) is 20.9 Å². The Balaban J connectivity index is 0.000000324. The van der Waals surface area contributed by atoms with Crippen molar-refractivity contribution in [3.8, 4) is 0 Å². The van der Waals surface area contributed by atoms with Crippen LogP contribution in [0, 0.1) is 5.41 Å². The fraction of sp³-hybridized carbons (Fsp3) is 0.684. The first-order valence-corrected chi connectivity index (χ1v) is 9.86. The normalized spacial score (nSPS) is 19.5. The molecule has 0 bridgehead atoms. The van der Waals surface area contributed by atoms with Crippen molar-refractivity contribution in [2.24, 2.45) is 5.41 Å². The molecule has 1 spiro atoms. The van der Waals surface area contributed by atoms with Crippen molar-refractivity contribution in [2.45, 2.75) is 31.7 Å². The molecular weight excluding hydrogens is 464 g/mol. The van der Waals surface area contributed by atoms with E-state index in [1.165, 1.54) is 38.2 Å². The molecule has 0 aliphatic carbocycles. The molecular formula is C19H27F6N3O5. The van der Waals surface area contributed by atoms with Gasteiger partial charge in [-0.1, -0.05) is 0 Å². The molecule has 0 atom stereocenters. The third-order valence-electron chi connectivity index (χ3n) is 5.09. The predicted molar refractivity (Wildman–Crippen MR) is 103 cm³/mol. The smallest absolute Gasteiger partial charge is 0.475 e. The van der Waals surface area contributed by atoms with Crippen LogP contribution in [0.5, 0.6) is 0 Å². The number of hydrogen-bond acceptors (Lipinski definition) is 5. The molecule has 190 valence electrons. The van der Waals surface area contributed by atoms with Crippen molar-refractivity contribution in [2.75, 3.05) is 46.4 Å². The van der Waals surface area contributed by atoms with Gasteiger partial charge in [0.05, 0.1) is 13.2 Å². The Labute approximate surface area is 186 Å². The van der Waals surface area contributed by atoms with Crippen LogP contribution in [0.2, 0.25) is 0 Å². The Bertz CT molecular complexity index is 707. The van der Waals surface area contributed by atoms with Crippen molar-refractivity contribution in [3.05, 3.63) is 24.0 Å². The number of aliphatic carboxylic acids is 2. The number of ether oxygens (including phenoxy) is 1. The Hall–Kier alpha value is -2.32. The summed E-state index contributed by atoms with van der Waals surface area (Å²) in [4.78, 5) is 26.1. The zero-order chi connectivity index (χ0) is 25.3. The molecule has 3 N–H and O–H groups in total. The molecule has 0 radical (unpaired) electrons. The van der Waals surface area contributed by atoms with E-state index in [0.29, 0.717) is 5.41 Å². The number of alkyl halides is 6. The number of piperidine rings is 1. The number of carbonyl (C=O) groups is 2. The van der Waals surface area contributed by atoms with Crippen LogP contribution in [0.15, 0.2) is 18.3 Å². The quantitative estimate of drug-likeness (QED) is 0.547. The van der Waals surface area contributed by atoms with Crippen molar-refractivity contribution < 1.29 is 50.9 Å². The number of hydrogen-bond donors (Lipinski definition) is 3. The second-order valence-electron chi connectivity index (χ2n) is 7.87. The van der Waals surface area contributed by atoms with Crippen LogP contribution < -0.4 is 0 Å². The van der Waals surface area contributed by atoms with Crippen molar-refractivity contribution in [3.63, 3.8) is 0 Å². The van der Waals surface area contributed by atoms with Gasteiger partial charge in [-0.15, -0.1) is 0 Å². The zero-order valence-corrected chi connectivity index (χ0v) is 17.9. The number of aromatic amines is 1. The molecule has 0 unspecified atom stereocenters. The van der Waals surface area contributed by atoms with Gasteiger partial charge >= 0.3 is 24.3 Å². The van der Waals surface area contributed by atoms with Crippen LogP contribution in [0.1, 0.15) is 18.5 Å². The fourth-order valence-electron chi connectivity index (χ4n) is 3.40. The van der Waals surface area contributed by atoms with E-state index < -0.39 is 24.3 Å². The molecule has 8 nitrogen and oxygen atoms in total. The van der Waals surface area contributed by atoms with E-state index in [0.717, 1.165) is 26.3 Å². The summed E-state index contributed by atoms with van der Waals surface area (Å²) in [5.41, 5.74) is 1.72. The van der Waals surface area contributed by atoms with Gasteiger partial charge in [-0.05, 0) is 45.1 Å². The molecule has 33 heavy (non-hydrogen) atoms. The van der Waals surface area contributed by atoms with Crippen LogP contribution in [0.3, 0.4) is 0 Å². The topological polar surface area (TPSA) is 106 Å². The van der Waals surface area contributed by atoms with Gasteiger partial charge in [0.25, 0.3) is 0 Å². The van der Waals surface area contributed by atoms with Gasteiger partial charge < -0.3 is 24.8 Å². The molecule has 1 aromatic rings. The van der Waals surface area contributed by atoms with Gasteiger partial charge in [0, 0.05) is 36.9 Å². The molecule has 14 heteroatoms. The van der Waals surface area contributed by atoms with E-state index in [1.807, 2.05) is 6.20 Å². The maximum atomic E-state index is 10.6. The second-order valence-corrected chi connectivity index (χ2v) is 7.87. The molecule has 2 saturated heterocycles. The molecule has 3 heterocycles. The highest BCUT2D eigenvalue weighted by Gasteiger charge is 2.39. The Morgan fingerprint density at radius 1 is 1.06 bits per heavy atom. The minimum absolute atomic E-state index is 0.400. The first-order valence-electron chi connectivity index (χ1n) is 9.86. The van der Waals surface area contributed by atoms with E-state index in [4.69, 9.17) is 24.5 Å². The third-order valence-corrected chi connectivity index (χ3v) is 5.09. The Kier molecular flexibility index (Phi) is 10.6. The number of likely N-dealkylation sites (N-methyl/N-ethyl adjacent to an activating group) is 1. The lowest BCUT2D eigenvalue weighted by molar-refractivity contribution is -0.193. The molecule has 2 fully saturated rings. The van der Waals surface area contributed by atoms with Gasteiger partial charge in [-0.3, -0.25) is 4.90 Å². The zero-order valence-electron chi connectivity index (χ0n) is 17.9. The summed E-state index contributed by atoms with van der Waals surface area (Å²) >= 11 is 0. The van der Waals surface area contributed by atoms with Crippen LogP contribution >= 0.6 is 0 Å². The lowest BCUT2D eigenvalue weighted by atomic mass is 9.78. The van der Waals surface area contributed by atoms with E-state index >= 15 is 0 Å². The summed E-state index contributed by atoms with van der Waals surface area (Å²) in [6.07, 6.45) is -5.63. The van der Waals surface area contributed by atoms with Crippen molar-refractivity contribution in [1.29, 1.82) is 0 Å². The first kappa shape index (κ1) is 28.7. The number of aromatic nitrogens is 1. The number of likely N-dealkylation sites (tertiary alicyclic amines) is 1. The van der Waals surface area contributed by atoms with Crippen LogP contribution in [0.4, 0.5) is 26.3 Å². The average molecular weight is 491 g/mol. The summed E-state index contributed by atoms with van der Waals surface area (Å²) in [5, 5.41) is 14.2. The monoisotopic (exact) mass is 491 g/mol. The highest BCUT2D eigenvalue weighted by molar-refractivity contribution is 5.73. The second kappa shape index (κ2) is 12.2. The number of halogens is 6. The van der Waals surface area contributed by atoms with E-state index in [2.05, 4.69) is 34.0 Å². The van der Waals surface area contributed by atoms with Gasteiger partial charge in [0.15, 0.2) is 0 Å². The highest BCUT2D eigenvalue weighted by atomic mass is 19.4. The summed E-state index contributed by atoms with van der Waals surface area (Å²) in [7, 11) is 2.22. The van der Waals surface area contributed by atoms with Crippen LogP contribution in [0.25, 0.3) is 0 Å². The number of nitrogens with one attached hydrogen (secondary N) is 1. The minimum atomic E-state index is -5.08. The van der Waals surface area contributed by atoms with E-state index in [9.17, 15) is 26.3 Å². The van der Waals surface area contributed by atoms with Gasteiger partial charge in [-0.2, -0.15) is 26.3 Å². The molecule has 2 aliphatic heterocycles. The van der Waals surface area contributed by atoms with Crippen LogP contribution in [-0.4, -0.2) is 95.7 Å². The summed E-state index contributed by atoms with van der Waals surface area (Å²) in [6, 6.07) is 4.25. The van der Waals surface area contributed by atoms with Gasteiger partial charge in [-0.25, -0.2) is 9.59 Å². The lowest BCUT2D eigenvalue weighted by Crippen LogP contribution is -2.46. The van der Waals surface area contributed by atoms with Crippen molar-refractivity contribution in [1.82, 2.24) is 14.8 Å². The number of rotatable bonds is 2. The molecule has 0 saturated carbocycles. The molecule has 0 amide bonds. The standard InChI is InChI=1S/C15H25N3O.2C2HF3O2/c1-17-9-10-19-13-15(12-17)4-7-18(8-5-15)11-14-3-2-6-16-14;2*3-2(4,5)1(6)7/h2-3,6,16H,4-5,7-13H2,1H3;2*(H,6,7). The summed E-state index contributed by atoms with van der Waals surface area (Å²) in [5.74, 6) is -5.51. The van der Waals surface area contributed by atoms with Gasteiger partial charge in [0.1, 0.15) is 0 Å². The lowest BCUT2D eigenvalue weighted by Gasteiger charge is -2.42. The highest BCUT2D eigenvalue weighted by Crippen LogP contribution is 2.34. The number of carboxylic acids is 2. The fourth-order valence-corrected chi connectivity index (χ4v) is 3.40. The molecule has 0 aromatic carbocycles. The molecule has 3 rings (SSSR count). The van der Waals surface area contributed by atoms with Gasteiger partial charge in [0.2, 0.25) is 0 Å². The molecule has 1 aromatic heterocycles. The van der Waals surface area contributed by atoms with E-state index in [1.54, 1.807) is 0 Å². The minimum Gasteiger partial charge on any atom is -0.475 e. The summed E-state index contributed by atoms with van der Waals surface area (Å²) in [6.45, 7) is 7.56. The largest absolute Gasteiger partial charge is 0.490 e. The number of H-pyrrole nitrogens is 1. The first-order chi connectivity index (χ1) is 15.1. The maximum absolute atomic E-state index is 10.6. The average Bonchev–Trinajstić information content (AvgIpc) is 3.13. The molecule has 2 aliphatic rings. The Morgan fingerprint density at radius 3 is 2.00 bits per heavy atom. The summed E-state index contributed by atoms with van der Waals surface area (Å²) < 4.78 is 69.3. The number of carboxylic acid groups (broad SMARTS) is 2. The third kappa shape index (κ3) is 10.9. The van der Waals surface area contributed by atoms with Crippen molar-refractivity contribution >= 4 is 11.9 Å². The Morgan fingerprint density at radius 2 is 1.58 bits per heavy atom. The predicted octanol–water partition coefficient (Wildman–Crippen LogP) is 2.83. The SMILES string of the molecule is CN1CCOCC2(CCN(Cc3ccc[nH]3)CC2)C1.O=C(O)C(F)(F)F.O=C(O)C(F)(F)F. The maximum Gasteiger partial charge on any atom is 0.490 e. The van der Waals surface area contributed by atoms with E-state index in [-0.39, 0.29) is 0 Å². The number of nitrogens with zero attached hydrogens (tertiary/aromatic N) is 2.